The van der Waals surface area contributed by atoms with Gasteiger partial charge in [0.25, 0.3) is 0 Å². The lowest BCUT2D eigenvalue weighted by Crippen LogP contribution is -2.57. The van der Waals surface area contributed by atoms with Gasteiger partial charge in [0.05, 0.1) is 6.61 Å². The van der Waals surface area contributed by atoms with Crippen molar-refractivity contribution in [2.24, 2.45) is 0 Å². The van der Waals surface area contributed by atoms with Gasteiger partial charge in [0.1, 0.15) is 12.2 Å². The van der Waals surface area contributed by atoms with Crippen molar-refractivity contribution in [2.75, 3.05) is 13.2 Å². The molecule has 0 radical (unpaired) electrons. The van der Waals surface area contributed by atoms with Crippen LogP contribution in [0, 0.1) is 0 Å². The molecule has 1 aliphatic rings. The average Bonchev–Trinajstić information content (AvgIpc) is 2.19. The molecule has 1 saturated heterocycles. The molecule has 6 heteroatoms. The summed E-state index contributed by atoms with van der Waals surface area (Å²) in [5.74, 6) is -0.937. The van der Waals surface area contributed by atoms with Gasteiger partial charge in [0.15, 0.2) is 12.2 Å². The Morgan fingerprint density at radius 2 is 2.14 bits per heavy atom. The average molecular weight is 206 g/mol. The molecular formula is C8H14O6. The highest BCUT2D eigenvalue weighted by Crippen LogP contribution is 2.19. The maximum Gasteiger partial charge on any atom is 0.338 e. The largest absolute Gasteiger partial charge is 0.455 e. The molecule has 0 aromatic rings. The molecule has 0 aromatic carbocycles. The summed E-state index contributed by atoms with van der Waals surface area (Å²) >= 11 is 0. The van der Waals surface area contributed by atoms with Crippen LogP contribution >= 0.6 is 0 Å². The summed E-state index contributed by atoms with van der Waals surface area (Å²) in [4.78, 5) is 10.9. The third-order valence-corrected chi connectivity index (χ3v) is 2.07. The highest BCUT2D eigenvalue weighted by atomic mass is 16.6. The van der Waals surface area contributed by atoms with Crippen LogP contribution in [0.3, 0.4) is 0 Å². The van der Waals surface area contributed by atoms with Crippen molar-refractivity contribution in [3.05, 3.63) is 0 Å². The monoisotopic (exact) mass is 206 g/mol. The maximum atomic E-state index is 10.9. The summed E-state index contributed by atoms with van der Waals surface area (Å²) in [5, 5.41) is 27.5. The number of ether oxygens (including phenoxy) is 2. The molecule has 0 bridgehead atoms. The van der Waals surface area contributed by atoms with Gasteiger partial charge in [-0.2, -0.15) is 0 Å². The van der Waals surface area contributed by atoms with Gasteiger partial charge in [0, 0.05) is 6.61 Å². The summed E-state index contributed by atoms with van der Waals surface area (Å²) in [6, 6.07) is 0. The van der Waals surface area contributed by atoms with Gasteiger partial charge in [-0.05, 0) is 6.92 Å². The molecule has 0 aromatic heterocycles. The standard InChI is InChI=1S/C8H14O6/c1-2-13-7-4(3-9)14-8(12)6(11)5(7)10/h4-7,9-11H,2-3H2,1H3. The van der Waals surface area contributed by atoms with Gasteiger partial charge in [0.2, 0.25) is 0 Å². The SMILES string of the molecule is CCOC1C(CO)OC(=O)C(O)C1O. The molecule has 82 valence electrons. The van der Waals surface area contributed by atoms with Crippen LogP contribution < -0.4 is 0 Å². The Morgan fingerprint density at radius 3 is 2.64 bits per heavy atom. The maximum absolute atomic E-state index is 10.9. The zero-order valence-corrected chi connectivity index (χ0v) is 7.79. The Bertz CT molecular complexity index is 204. The zero-order valence-electron chi connectivity index (χ0n) is 7.79. The van der Waals surface area contributed by atoms with E-state index in [0.29, 0.717) is 6.61 Å². The summed E-state index contributed by atoms with van der Waals surface area (Å²) in [5.41, 5.74) is 0. The van der Waals surface area contributed by atoms with E-state index in [0.717, 1.165) is 0 Å². The van der Waals surface area contributed by atoms with Crippen LogP contribution in [0.2, 0.25) is 0 Å². The van der Waals surface area contributed by atoms with Crippen molar-refractivity contribution in [1.82, 2.24) is 0 Å². The van der Waals surface area contributed by atoms with E-state index in [2.05, 4.69) is 4.74 Å². The molecular weight excluding hydrogens is 192 g/mol. The summed E-state index contributed by atoms with van der Waals surface area (Å²) in [7, 11) is 0. The minimum atomic E-state index is -1.60. The lowest BCUT2D eigenvalue weighted by Gasteiger charge is -2.35. The van der Waals surface area contributed by atoms with Crippen molar-refractivity contribution in [2.45, 2.75) is 31.3 Å². The van der Waals surface area contributed by atoms with Crippen LogP contribution in [0.25, 0.3) is 0 Å². The molecule has 1 fully saturated rings. The smallest absolute Gasteiger partial charge is 0.338 e. The number of carbonyl (C=O) groups is 1. The Labute approximate surface area is 81.1 Å². The molecule has 0 spiro atoms. The van der Waals surface area contributed by atoms with Crippen LogP contribution in [0.1, 0.15) is 6.92 Å². The van der Waals surface area contributed by atoms with E-state index in [1.165, 1.54) is 0 Å². The van der Waals surface area contributed by atoms with Crippen molar-refractivity contribution in [1.29, 1.82) is 0 Å². The first kappa shape index (κ1) is 11.4. The molecule has 6 nitrogen and oxygen atoms in total. The van der Waals surface area contributed by atoms with E-state index >= 15 is 0 Å². The van der Waals surface area contributed by atoms with E-state index < -0.39 is 37.0 Å². The molecule has 4 atom stereocenters. The van der Waals surface area contributed by atoms with Crippen molar-refractivity contribution in [3.63, 3.8) is 0 Å². The Morgan fingerprint density at radius 1 is 1.50 bits per heavy atom. The fourth-order valence-electron chi connectivity index (χ4n) is 1.36. The third kappa shape index (κ3) is 2.03. The Balaban J connectivity index is 2.72. The zero-order chi connectivity index (χ0) is 10.7. The van der Waals surface area contributed by atoms with Crippen LogP contribution in [0.4, 0.5) is 0 Å². The number of cyclic esters (lactones) is 1. The first-order chi connectivity index (χ1) is 6.61. The number of hydrogen-bond donors (Lipinski definition) is 3. The second-order valence-electron chi connectivity index (χ2n) is 3.01. The predicted molar refractivity (Wildman–Crippen MR) is 44.4 cm³/mol. The topological polar surface area (TPSA) is 96.2 Å². The van der Waals surface area contributed by atoms with Gasteiger partial charge in [-0.15, -0.1) is 0 Å². The molecule has 3 N–H and O–H groups in total. The van der Waals surface area contributed by atoms with Crippen LogP contribution in [0.5, 0.6) is 0 Å². The fourth-order valence-corrected chi connectivity index (χ4v) is 1.36. The minimum Gasteiger partial charge on any atom is -0.455 e. The molecule has 14 heavy (non-hydrogen) atoms. The van der Waals surface area contributed by atoms with Crippen molar-refractivity contribution >= 4 is 5.97 Å². The molecule has 1 aliphatic heterocycles. The van der Waals surface area contributed by atoms with Crippen molar-refractivity contribution in [3.8, 4) is 0 Å². The van der Waals surface area contributed by atoms with Crippen LogP contribution in [0.15, 0.2) is 0 Å². The third-order valence-electron chi connectivity index (χ3n) is 2.07. The lowest BCUT2D eigenvalue weighted by molar-refractivity contribution is -0.214. The minimum absolute atomic E-state index is 0.294. The van der Waals surface area contributed by atoms with Gasteiger partial charge in [-0.3, -0.25) is 0 Å². The first-order valence-electron chi connectivity index (χ1n) is 4.40. The van der Waals surface area contributed by atoms with E-state index in [1.54, 1.807) is 6.92 Å². The Kier molecular flexibility index (Phi) is 3.82. The summed E-state index contributed by atoms with van der Waals surface area (Å²) in [6.07, 6.45) is -4.75. The van der Waals surface area contributed by atoms with Crippen molar-refractivity contribution < 1.29 is 29.6 Å². The lowest BCUT2D eigenvalue weighted by atomic mass is 10.00. The second-order valence-corrected chi connectivity index (χ2v) is 3.01. The quantitative estimate of drug-likeness (QED) is 0.464. The van der Waals surface area contributed by atoms with Gasteiger partial charge < -0.3 is 24.8 Å². The van der Waals surface area contributed by atoms with E-state index in [4.69, 9.17) is 9.84 Å². The summed E-state index contributed by atoms with van der Waals surface area (Å²) < 4.78 is 9.73. The number of rotatable bonds is 3. The number of aliphatic hydroxyl groups is 3. The molecule has 0 amide bonds. The van der Waals surface area contributed by atoms with Gasteiger partial charge in [-0.1, -0.05) is 0 Å². The Hall–Kier alpha value is -0.690. The molecule has 1 heterocycles. The molecule has 4 unspecified atom stereocenters. The highest BCUT2D eigenvalue weighted by Gasteiger charge is 2.44. The molecule has 0 aliphatic carbocycles. The number of carbonyl (C=O) groups excluding carboxylic acids is 1. The van der Waals surface area contributed by atoms with Crippen LogP contribution in [-0.4, -0.2) is 58.9 Å². The normalized spacial score (nSPS) is 38.1. The first-order valence-corrected chi connectivity index (χ1v) is 4.40. The van der Waals surface area contributed by atoms with Crippen LogP contribution in [-0.2, 0) is 14.3 Å². The molecule has 1 rings (SSSR count). The van der Waals surface area contributed by atoms with E-state index in [9.17, 15) is 15.0 Å². The second kappa shape index (κ2) is 4.70. The van der Waals surface area contributed by atoms with E-state index in [-0.39, 0.29) is 0 Å². The number of aliphatic hydroxyl groups excluding tert-OH is 3. The predicted octanol–water partition coefficient (Wildman–Crippen LogP) is -1.97. The highest BCUT2D eigenvalue weighted by molar-refractivity contribution is 5.76. The van der Waals surface area contributed by atoms with E-state index in [1.807, 2.05) is 0 Å². The van der Waals surface area contributed by atoms with Gasteiger partial charge in [-0.25, -0.2) is 4.79 Å². The fraction of sp³-hybridized carbons (Fsp3) is 0.875. The number of hydrogen-bond acceptors (Lipinski definition) is 6. The van der Waals surface area contributed by atoms with Gasteiger partial charge >= 0.3 is 5.97 Å². The number of esters is 1. The molecule has 0 saturated carbocycles. The summed E-state index contributed by atoms with van der Waals surface area (Å²) in [6.45, 7) is 1.55.